The normalized spacial score (nSPS) is 17.7. The van der Waals surface area contributed by atoms with E-state index in [2.05, 4.69) is 20.6 Å². The summed E-state index contributed by atoms with van der Waals surface area (Å²) in [6.45, 7) is 5.26. The van der Waals surface area contributed by atoms with Crippen molar-refractivity contribution in [1.82, 2.24) is 19.9 Å². The second kappa shape index (κ2) is 8.06. The predicted molar refractivity (Wildman–Crippen MR) is 132 cm³/mol. The van der Waals surface area contributed by atoms with Crippen LogP contribution in [0.1, 0.15) is 49.9 Å². The SMILES string of the molecule is Cc1cccc2cnc(Nc3cc(NC(=O)C4(C)CCOCC4)c4nc(C5CC5)[nH]c4c3)nc12. The number of carbonyl (C=O) groups is 1. The van der Waals surface area contributed by atoms with Gasteiger partial charge in [0.15, 0.2) is 0 Å². The van der Waals surface area contributed by atoms with Crippen LogP contribution in [0.4, 0.5) is 17.3 Å². The maximum atomic E-state index is 13.3. The first-order valence-corrected chi connectivity index (χ1v) is 11.9. The van der Waals surface area contributed by atoms with Crippen molar-refractivity contribution in [3.05, 3.63) is 47.9 Å². The number of fused-ring (bicyclic) bond motifs is 2. The van der Waals surface area contributed by atoms with Gasteiger partial charge in [-0.2, -0.15) is 0 Å². The summed E-state index contributed by atoms with van der Waals surface area (Å²) in [5.41, 5.74) is 4.71. The number of benzene rings is 2. The molecule has 0 spiro atoms. The lowest BCUT2D eigenvalue weighted by Gasteiger charge is -2.32. The van der Waals surface area contributed by atoms with Gasteiger partial charge in [0.05, 0.1) is 22.1 Å². The molecule has 1 aliphatic heterocycles. The number of H-pyrrole nitrogens is 1. The van der Waals surface area contributed by atoms with E-state index < -0.39 is 5.41 Å². The third kappa shape index (κ3) is 3.88. The third-order valence-corrected chi connectivity index (χ3v) is 7.03. The fourth-order valence-corrected chi connectivity index (χ4v) is 4.57. The molecule has 1 saturated carbocycles. The van der Waals surface area contributed by atoms with Crippen molar-refractivity contribution in [3.63, 3.8) is 0 Å². The number of anilines is 3. The van der Waals surface area contributed by atoms with Crippen LogP contribution in [0.3, 0.4) is 0 Å². The molecular weight excluding hydrogens is 428 g/mol. The molecule has 2 aliphatic rings. The van der Waals surface area contributed by atoms with Gasteiger partial charge in [0.2, 0.25) is 11.9 Å². The highest BCUT2D eigenvalue weighted by molar-refractivity contribution is 6.03. The van der Waals surface area contributed by atoms with Crippen LogP contribution in [0.2, 0.25) is 0 Å². The molecule has 2 fully saturated rings. The summed E-state index contributed by atoms with van der Waals surface area (Å²) >= 11 is 0. The van der Waals surface area contributed by atoms with Crippen LogP contribution in [0.15, 0.2) is 36.5 Å². The van der Waals surface area contributed by atoms with Crippen molar-refractivity contribution in [2.75, 3.05) is 23.8 Å². The molecular formula is C26H28N6O2. The first-order valence-electron chi connectivity index (χ1n) is 11.9. The molecule has 8 nitrogen and oxygen atoms in total. The van der Waals surface area contributed by atoms with Crippen LogP contribution < -0.4 is 10.6 Å². The molecule has 0 atom stereocenters. The maximum absolute atomic E-state index is 13.3. The molecule has 3 heterocycles. The zero-order valence-corrected chi connectivity index (χ0v) is 19.4. The Bertz CT molecular complexity index is 1400. The van der Waals surface area contributed by atoms with Gasteiger partial charge in [-0.1, -0.05) is 25.1 Å². The number of imidazole rings is 1. The van der Waals surface area contributed by atoms with Crippen LogP contribution >= 0.6 is 0 Å². The Morgan fingerprint density at radius 3 is 2.76 bits per heavy atom. The topological polar surface area (TPSA) is 105 Å². The summed E-state index contributed by atoms with van der Waals surface area (Å²) in [6.07, 6.45) is 5.53. The number of para-hydroxylation sites is 1. The Hall–Kier alpha value is -3.52. The Balaban J connectivity index is 1.36. The van der Waals surface area contributed by atoms with Gasteiger partial charge < -0.3 is 20.4 Å². The van der Waals surface area contributed by atoms with Gasteiger partial charge in [0.1, 0.15) is 11.3 Å². The minimum atomic E-state index is -0.456. The zero-order chi connectivity index (χ0) is 23.3. The number of nitrogens with one attached hydrogen (secondary N) is 3. The van der Waals surface area contributed by atoms with Crippen LogP contribution in [0.5, 0.6) is 0 Å². The van der Waals surface area contributed by atoms with Gasteiger partial charge in [-0.25, -0.2) is 15.0 Å². The van der Waals surface area contributed by atoms with Crippen LogP contribution in [-0.2, 0) is 9.53 Å². The Kier molecular flexibility index (Phi) is 4.99. The van der Waals surface area contributed by atoms with Crippen LogP contribution in [0, 0.1) is 12.3 Å². The van der Waals surface area contributed by atoms with E-state index in [0.29, 0.717) is 43.6 Å². The van der Waals surface area contributed by atoms with Crippen molar-refractivity contribution >= 4 is 45.2 Å². The van der Waals surface area contributed by atoms with Crippen molar-refractivity contribution in [2.24, 2.45) is 5.41 Å². The summed E-state index contributed by atoms with van der Waals surface area (Å²) in [6, 6.07) is 9.98. The summed E-state index contributed by atoms with van der Waals surface area (Å²) in [5, 5.41) is 7.51. The molecule has 2 aromatic heterocycles. The highest BCUT2D eigenvalue weighted by Gasteiger charge is 2.36. The molecule has 0 unspecified atom stereocenters. The van der Waals surface area contributed by atoms with Crippen LogP contribution in [0.25, 0.3) is 21.9 Å². The maximum Gasteiger partial charge on any atom is 0.230 e. The molecule has 4 aromatic rings. The largest absolute Gasteiger partial charge is 0.381 e. The quantitative estimate of drug-likeness (QED) is 0.382. The van der Waals surface area contributed by atoms with Gasteiger partial charge in [-0.3, -0.25) is 4.79 Å². The number of aromatic nitrogens is 4. The summed E-state index contributed by atoms with van der Waals surface area (Å²) in [7, 11) is 0. The van der Waals surface area contributed by atoms with Crippen molar-refractivity contribution < 1.29 is 9.53 Å². The summed E-state index contributed by atoms with van der Waals surface area (Å²) in [4.78, 5) is 30.8. The van der Waals surface area contributed by atoms with Gasteiger partial charge in [-0.15, -0.1) is 0 Å². The number of aryl methyl sites for hydroxylation is 1. The van der Waals surface area contributed by atoms with Crippen molar-refractivity contribution in [2.45, 2.75) is 45.4 Å². The minimum absolute atomic E-state index is 0.00259. The Morgan fingerprint density at radius 2 is 1.97 bits per heavy atom. The first-order chi connectivity index (χ1) is 16.5. The number of amides is 1. The predicted octanol–water partition coefficient (Wildman–Crippen LogP) is 5.19. The van der Waals surface area contributed by atoms with E-state index in [0.717, 1.165) is 51.9 Å². The Labute approximate surface area is 197 Å². The number of aromatic amines is 1. The van der Waals surface area contributed by atoms with E-state index in [1.165, 1.54) is 0 Å². The molecule has 2 aromatic carbocycles. The van der Waals surface area contributed by atoms with Crippen molar-refractivity contribution in [3.8, 4) is 0 Å². The lowest BCUT2D eigenvalue weighted by Crippen LogP contribution is -2.38. The fourth-order valence-electron chi connectivity index (χ4n) is 4.57. The van der Waals surface area contributed by atoms with Crippen molar-refractivity contribution in [1.29, 1.82) is 0 Å². The Morgan fingerprint density at radius 1 is 1.15 bits per heavy atom. The summed E-state index contributed by atoms with van der Waals surface area (Å²) < 4.78 is 5.48. The van der Waals surface area contributed by atoms with E-state index in [-0.39, 0.29) is 5.91 Å². The standard InChI is InChI=1S/C26H28N6O2/c1-15-4-3-5-17-14-27-25(32-21(15)17)28-18-12-19-22(31-23(29-19)16-6-7-16)20(13-18)30-24(33)26(2)8-10-34-11-9-26/h3-5,12-14,16H,6-11H2,1-2H3,(H,29,31)(H,30,33)(H,27,28,32). The van der Waals surface area contributed by atoms with Gasteiger partial charge in [0, 0.05) is 36.4 Å². The molecule has 1 amide bonds. The second-order valence-electron chi connectivity index (χ2n) is 9.77. The molecule has 6 rings (SSSR count). The minimum Gasteiger partial charge on any atom is -0.381 e. The molecule has 8 heteroatoms. The van der Waals surface area contributed by atoms with Gasteiger partial charge in [-0.05, 0) is 50.3 Å². The molecule has 174 valence electrons. The molecule has 34 heavy (non-hydrogen) atoms. The molecule has 1 saturated heterocycles. The monoisotopic (exact) mass is 456 g/mol. The number of nitrogens with zero attached hydrogens (tertiary/aromatic N) is 3. The molecule has 0 radical (unpaired) electrons. The van der Waals surface area contributed by atoms with E-state index in [1.807, 2.05) is 50.4 Å². The van der Waals surface area contributed by atoms with Gasteiger partial charge >= 0.3 is 0 Å². The van der Waals surface area contributed by atoms with E-state index in [1.54, 1.807) is 0 Å². The number of rotatable bonds is 5. The fraction of sp³-hybridized carbons (Fsp3) is 0.385. The van der Waals surface area contributed by atoms with Crippen LogP contribution in [-0.4, -0.2) is 39.1 Å². The number of hydrogen-bond acceptors (Lipinski definition) is 6. The zero-order valence-electron chi connectivity index (χ0n) is 19.4. The third-order valence-electron chi connectivity index (χ3n) is 7.03. The molecule has 3 N–H and O–H groups in total. The van der Waals surface area contributed by atoms with E-state index in [4.69, 9.17) is 14.7 Å². The summed E-state index contributed by atoms with van der Waals surface area (Å²) in [5.74, 6) is 1.98. The lowest BCUT2D eigenvalue weighted by atomic mass is 9.81. The second-order valence-corrected chi connectivity index (χ2v) is 9.77. The van der Waals surface area contributed by atoms with E-state index >= 15 is 0 Å². The highest BCUT2D eigenvalue weighted by atomic mass is 16.5. The average Bonchev–Trinajstić information content (AvgIpc) is 3.59. The molecule has 0 bridgehead atoms. The highest BCUT2D eigenvalue weighted by Crippen LogP contribution is 2.41. The molecule has 1 aliphatic carbocycles. The van der Waals surface area contributed by atoms with Gasteiger partial charge in [0.25, 0.3) is 0 Å². The number of carbonyl (C=O) groups excluding carboxylic acids is 1. The average molecular weight is 457 g/mol. The van der Waals surface area contributed by atoms with E-state index in [9.17, 15) is 4.79 Å². The lowest BCUT2D eigenvalue weighted by molar-refractivity contribution is -0.129. The smallest absolute Gasteiger partial charge is 0.230 e. The number of hydrogen-bond donors (Lipinski definition) is 3. The first kappa shape index (κ1) is 21.0. The number of ether oxygens (including phenoxy) is 1.